The number of sulfonamides is 1. The van der Waals surface area contributed by atoms with Gasteiger partial charge in [-0.2, -0.15) is 0 Å². The van der Waals surface area contributed by atoms with Gasteiger partial charge in [-0.3, -0.25) is 9.52 Å². The van der Waals surface area contributed by atoms with Crippen molar-refractivity contribution in [1.29, 1.82) is 0 Å². The molecule has 5 nitrogen and oxygen atoms in total. The van der Waals surface area contributed by atoms with Crippen LogP contribution in [0, 0.1) is 12.7 Å². The Hall–Kier alpha value is -2.41. The summed E-state index contributed by atoms with van der Waals surface area (Å²) in [6.07, 6.45) is 0.773. The molecule has 0 bridgehead atoms. The SMILES string of the molecule is CCC(C)NC(=O)c1cc(S(=O)(=O)Nc2ccc(F)cc2)ccc1C. The van der Waals surface area contributed by atoms with E-state index >= 15 is 0 Å². The summed E-state index contributed by atoms with van der Waals surface area (Å²) in [5, 5.41) is 2.83. The largest absolute Gasteiger partial charge is 0.350 e. The Morgan fingerprint density at radius 3 is 2.40 bits per heavy atom. The predicted molar refractivity (Wildman–Crippen MR) is 95.6 cm³/mol. The van der Waals surface area contributed by atoms with E-state index in [0.717, 1.165) is 18.6 Å². The lowest BCUT2D eigenvalue weighted by Gasteiger charge is -2.14. The number of rotatable bonds is 6. The molecule has 0 radical (unpaired) electrons. The zero-order valence-electron chi connectivity index (χ0n) is 14.3. The Bertz CT molecular complexity index is 864. The summed E-state index contributed by atoms with van der Waals surface area (Å²) in [6.45, 7) is 5.57. The van der Waals surface area contributed by atoms with Crippen molar-refractivity contribution in [3.63, 3.8) is 0 Å². The Labute approximate surface area is 147 Å². The van der Waals surface area contributed by atoms with Crippen molar-refractivity contribution < 1.29 is 17.6 Å². The number of amides is 1. The first-order valence-corrected chi connectivity index (χ1v) is 9.41. The van der Waals surface area contributed by atoms with Gasteiger partial charge in [0.05, 0.1) is 4.90 Å². The molecule has 0 fully saturated rings. The molecule has 0 saturated carbocycles. The van der Waals surface area contributed by atoms with E-state index in [2.05, 4.69) is 10.0 Å². The highest BCUT2D eigenvalue weighted by Crippen LogP contribution is 2.20. The number of anilines is 1. The van der Waals surface area contributed by atoms with Gasteiger partial charge in [0, 0.05) is 17.3 Å². The average Bonchev–Trinajstić information content (AvgIpc) is 2.56. The predicted octanol–water partition coefficient (Wildman–Crippen LogP) is 3.46. The molecule has 0 aliphatic rings. The first-order chi connectivity index (χ1) is 11.7. The molecule has 0 spiro atoms. The summed E-state index contributed by atoms with van der Waals surface area (Å²) >= 11 is 0. The fourth-order valence-corrected chi connectivity index (χ4v) is 3.23. The van der Waals surface area contributed by atoms with E-state index in [1.165, 1.54) is 24.3 Å². The van der Waals surface area contributed by atoms with Gasteiger partial charge in [0.15, 0.2) is 0 Å². The third-order valence-corrected chi connectivity index (χ3v) is 5.23. The quantitative estimate of drug-likeness (QED) is 0.824. The van der Waals surface area contributed by atoms with Crippen LogP contribution in [0.25, 0.3) is 0 Å². The topological polar surface area (TPSA) is 75.3 Å². The summed E-state index contributed by atoms with van der Waals surface area (Å²) < 4.78 is 40.3. The van der Waals surface area contributed by atoms with Gasteiger partial charge in [-0.25, -0.2) is 12.8 Å². The molecule has 2 rings (SSSR count). The highest BCUT2D eigenvalue weighted by molar-refractivity contribution is 7.92. The smallest absolute Gasteiger partial charge is 0.261 e. The van der Waals surface area contributed by atoms with E-state index < -0.39 is 15.8 Å². The Kier molecular flexibility index (Phi) is 5.79. The van der Waals surface area contributed by atoms with Crippen molar-refractivity contribution in [3.8, 4) is 0 Å². The molecule has 134 valence electrons. The molecule has 0 saturated heterocycles. The van der Waals surface area contributed by atoms with Crippen LogP contribution >= 0.6 is 0 Å². The molecule has 1 unspecified atom stereocenters. The van der Waals surface area contributed by atoms with Gasteiger partial charge in [-0.05, 0) is 62.2 Å². The molecule has 0 aliphatic heterocycles. The highest BCUT2D eigenvalue weighted by atomic mass is 32.2. The number of carbonyl (C=O) groups is 1. The van der Waals surface area contributed by atoms with Gasteiger partial charge in [-0.1, -0.05) is 13.0 Å². The van der Waals surface area contributed by atoms with E-state index in [1.54, 1.807) is 13.0 Å². The zero-order valence-corrected chi connectivity index (χ0v) is 15.2. The van der Waals surface area contributed by atoms with Crippen LogP contribution in [0.15, 0.2) is 47.4 Å². The molecular formula is C18H21FN2O3S. The molecule has 0 heterocycles. The van der Waals surface area contributed by atoms with Gasteiger partial charge in [0.1, 0.15) is 5.82 Å². The van der Waals surface area contributed by atoms with Gasteiger partial charge >= 0.3 is 0 Å². The van der Waals surface area contributed by atoms with Crippen molar-refractivity contribution >= 4 is 21.6 Å². The van der Waals surface area contributed by atoms with Crippen molar-refractivity contribution in [2.75, 3.05) is 4.72 Å². The molecule has 0 aliphatic carbocycles. The minimum atomic E-state index is -3.89. The second kappa shape index (κ2) is 7.65. The zero-order chi connectivity index (χ0) is 18.6. The molecule has 7 heteroatoms. The van der Waals surface area contributed by atoms with Crippen LogP contribution in [-0.2, 0) is 10.0 Å². The van der Waals surface area contributed by atoms with Crippen molar-refractivity contribution in [1.82, 2.24) is 5.32 Å². The molecule has 2 aromatic rings. The summed E-state index contributed by atoms with van der Waals surface area (Å²) in [5.74, 6) is -0.770. The summed E-state index contributed by atoms with van der Waals surface area (Å²) in [7, 11) is -3.89. The number of carbonyl (C=O) groups excluding carboxylic acids is 1. The van der Waals surface area contributed by atoms with E-state index in [-0.39, 0.29) is 22.5 Å². The minimum Gasteiger partial charge on any atom is -0.350 e. The molecule has 1 atom stereocenters. The Morgan fingerprint density at radius 1 is 1.16 bits per heavy atom. The van der Waals surface area contributed by atoms with Gasteiger partial charge in [0.25, 0.3) is 15.9 Å². The van der Waals surface area contributed by atoms with E-state index in [9.17, 15) is 17.6 Å². The van der Waals surface area contributed by atoms with E-state index in [1.807, 2.05) is 13.8 Å². The van der Waals surface area contributed by atoms with Crippen molar-refractivity contribution in [3.05, 3.63) is 59.4 Å². The lowest BCUT2D eigenvalue weighted by Crippen LogP contribution is -2.32. The summed E-state index contributed by atoms with van der Waals surface area (Å²) in [5.41, 5.74) is 1.23. The molecular weight excluding hydrogens is 343 g/mol. The lowest BCUT2D eigenvalue weighted by atomic mass is 10.1. The number of halogens is 1. The Morgan fingerprint density at radius 2 is 1.80 bits per heavy atom. The van der Waals surface area contributed by atoms with E-state index in [4.69, 9.17) is 0 Å². The van der Waals surface area contributed by atoms with Crippen LogP contribution in [0.4, 0.5) is 10.1 Å². The Balaban J connectivity index is 2.30. The fraction of sp³-hybridized carbons (Fsp3) is 0.278. The molecule has 1 amide bonds. The van der Waals surface area contributed by atoms with Crippen LogP contribution in [0.1, 0.15) is 36.2 Å². The van der Waals surface area contributed by atoms with Crippen molar-refractivity contribution in [2.24, 2.45) is 0 Å². The van der Waals surface area contributed by atoms with Gasteiger partial charge < -0.3 is 5.32 Å². The maximum atomic E-state index is 12.9. The number of hydrogen-bond acceptors (Lipinski definition) is 3. The number of nitrogens with one attached hydrogen (secondary N) is 2. The fourth-order valence-electron chi connectivity index (χ4n) is 2.15. The first kappa shape index (κ1) is 18.9. The second-order valence-electron chi connectivity index (χ2n) is 5.87. The minimum absolute atomic E-state index is 0.00972. The number of hydrogen-bond donors (Lipinski definition) is 2. The van der Waals surface area contributed by atoms with Crippen molar-refractivity contribution in [2.45, 2.75) is 38.1 Å². The summed E-state index contributed by atoms with van der Waals surface area (Å²) in [6, 6.07) is 9.35. The molecule has 0 aromatic heterocycles. The van der Waals surface area contributed by atoms with Crippen LogP contribution < -0.4 is 10.0 Å². The van der Waals surface area contributed by atoms with Gasteiger partial charge in [-0.15, -0.1) is 0 Å². The standard InChI is InChI=1S/C18H21FN2O3S/c1-4-13(3)20-18(22)17-11-16(10-5-12(17)2)25(23,24)21-15-8-6-14(19)7-9-15/h5-11,13,21H,4H2,1-3H3,(H,20,22). The van der Waals surface area contributed by atoms with Crippen LogP contribution in [-0.4, -0.2) is 20.4 Å². The maximum Gasteiger partial charge on any atom is 0.261 e. The second-order valence-corrected chi connectivity index (χ2v) is 7.55. The summed E-state index contributed by atoms with van der Waals surface area (Å²) in [4.78, 5) is 12.3. The number of aryl methyl sites for hydroxylation is 1. The van der Waals surface area contributed by atoms with Crippen LogP contribution in [0.2, 0.25) is 0 Å². The number of benzene rings is 2. The first-order valence-electron chi connectivity index (χ1n) is 7.93. The van der Waals surface area contributed by atoms with Crippen LogP contribution in [0.3, 0.4) is 0 Å². The maximum absolute atomic E-state index is 12.9. The monoisotopic (exact) mass is 364 g/mol. The molecule has 2 N–H and O–H groups in total. The van der Waals surface area contributed by atoms with Crippen LogP contribution in [0.5, 0.6) is 0 Å². The average molecular weight is 364 g/mol. The lowest BCUT2D eigenvalue weighted by molar-refractivity contribution is 0.0938. The normalized spacial score (nSPS) is 12.5. The van der Waals surface area contributed by atoms with Gasteiger partial charge in [0.2, 0.25) is 0 Å². The third-order valence-electron chi connectivity index (χ3n) is 3.85. The van der Waals surface area contributed by atoms with E-state index in [0.29, 0.717) is 11.1 Å². The molecule has 2 aromatic carbocycles. The highest BCUT2D eigenvalue weighted by Gasteiger charge is 2.19. The molecule has 25 heavy (non-hydrogen) atoms. The third kappa shape index (κ3) is 4.79.